The van der Waals surface area contributed by atoms with Crippen LogP contribution in [0.3, 0.4) is 0 Å². The van der Waals surface area contributed by atoms with Gasteiger partial charge in [0.15, 0.2) is 9.84 Å². The summed E-state index contributed by atoms with van der Waals surface area (Å²) in [6.45, 7) is 6.18. The summed E-state index contributed by atoms with van der Waals surface area (Å²) in [6.07, 6.45) is 0.655. The highest BCUT2D eigenvalue weighted by atomic mass is 32.2. The molecule has 0 bridgehead atoms. The van der Waals surface area contributed by atoms with E-state index in [4.69, 9.17) is 0 Å². The van der Waals surface area contributed by atoms with E-state index in [1.807, 2.05) is 25.1 Å². The Morgan fingerprint density at radius 2 is 2.00 bits per heavy atom. The topological polar surface area (TPSA) is 75.2 Å². The first-order chi connectivity index (χ1) is 9.62. The van der Waals surface area contributed by atoms with Crippen LogP contribution in [-0.2, 0) is 15.3 Å². The third-order valence-electron chi connectivity index (χ3n) is 3.76. The fourth-order valence-electron chi connectivity index (χ4n) is 2.35. The van der Waals surface area contributed by atoms with Crippen molar-refractivity contribution < 1.29 is 8.42 Å². The Kier molecular flexibility index (Phi) is 4.15. The van der Waals surface area contributed by atoms with Crippen LogP contribution in [0, 0.1) is 0 Å². The summed E-state index contributed by atoms with van der Waals surface area (Å²) in [5.41, 5.74) is -0.162. The van der Waals surface area contributed by atoms with Crippen LogP contribution < -0.4 is 10.2 Å². The van der Waals surface area contributed by atoms with Gasteiger partial charge in [-0.1, -0.05) is 20.8 Å². The lowest BCUT2D eigenvalue weighted by Gasteiger charge is -2.27. The Labute approximate surface area is 126 Å². The molecule has 1 fully saturated rings. The van der Waals surface area contributed by atoms with Gasteiger partial charge in [-0.2, -0.15) is 0 Å². The van der Waals surface area contributed by atoms with Crippen molar-refractivity contribution in [3.8, 4) is 0 Å². The molecular formula is C14H24N4O2S. The van der Waals surface area contributed by atoms with Crippen molar-refractivity contribution >= 4 is 21.5 Å². The number of nitrogens with one attached hydrogen (secondary N) is 1. The largest absolute Gasteiger partial charge is 0.373 e. The minimum Gasteiger partial charge on any atom is -0.373 e. The number of anilines is 2. The molecule has 1 aromatic rings. The Bertz CT molecular complexity index is 622. The molecule has 1 unspecified atom stereocenters. The highest BCUT2D eigenvalue weighted by Gasteiger charge is 2.32. The van der Waals surface area contributed by atoms with Gasteiger partial charge in [0.05, 0.1) is 11.5 Å². The van der Waals surface area contributed by atoms with E-state index in [9.17, 15) is 8.42 Å². The van der Waals surface area contributed by atoms with Crippen LogP contribution in [0.1, 0.15) is 33.0 Å². The smallest absolute Gasteiger partial charge is 0.152 e. The van der Waals surface area contributed by atoms with Gasteiger partial charge in [0.1, 0.15) is 17.5 Å². The molecule has 1 atom stereocenters. The lowest BCUT2D eigenvalue weighted by molar-refractivity contribution is 0.543. The normalized spacial score (nSPS) is 21.3. The van der Waals surface area contributed by atoms with Crippen LogP contribution in [-0.4, -0.2) is 50.0 Å². The molecule has 0 spiro atoms. The summed E-state index contributed by atoms with van der Waals surface area (Å²) < 4.78 is 23.3. The van der Waals surface area contributed by atoms with Gasteiger partial charge in [0, 0.05) is 31.6 Å². The van der Waals surface area contributed by atoms with E-state index in [2.05, 4.69) is 36.1 Å². The molecule has 1 aliphatic heterocycles. The summed E-state index contributed by atoms with van der Waals surface area (Å²) in [7, 11) is 0.817. The first-order valence-corrected chi connectivity index (χ1v) is 8.95. The summed E-state index contributed by atoms with van der Waals surface area (Å²) in [5, 5.41) is 3.05. The zero-order chi connectivity index (χ0) is 15.8. The minimum atomic E-state index is -2.90. The summed E-state index contributed by atoms with van der Waals surface area (Å²) in [4.78, 5) is 11.1. The maximum atomic E-state index is 11.7. The molecule has 0 aliphatic carbocycles. The van der Waals surface area contributed by atoms with Crippen LogP contribution in [0.25, 0.3) is 0 Å². The van der Waals surface area contributed by atoms with E-state index >= 15 is 0 Å². The van der Waals surface area contributed by atoms with Crippen molar-refractivity contribution in [1.29, 1.82) is 0 Å². The van der Waals surface area contributed by atoms with Crippen molar-refractivity contribution in [2.24, 2.45) is 0 Å². The number of sulfone groups is 1. The van der Waals surface area contributed by atoms with Gasteiger partial charge in [-0.25, -0.2) is 18.4 Å². The first-order valence-electron chi connectivity index (χ1n) is 7.13. The average Bonchev–Trinajstić information content (AvgIpc) is 2.76. The maximum Gasteiger partial charge on any atom is 0.152 e. The second kappa shape index (κ2) is 5.44. The van der Waals surface area contributed by atoms with Gasteiger partial charge in [-0.3, -0.25) is 0 Å². The number of nitrogens with zero attached hydrogens (tertiary/aromatic N) is 3. The molecule has 7 heteroatoms. The third-order valence-corrected chi connectivity index (χ3v) is 5.51. The maximum absolute atomic E-state index is 11.7. The van der Waals surface area contributed by atoms with E-state index in [1.165, 1.54) is 0 Å². The second-order valence-corrected chi connectivity index (χ2v) is 8.83. The number of hydrogen-bond donors (Lipinski definition) is 1. The molecular weight excluding hydrogens is 288 g/mol. The molecule has 1 N–H and O–H groups in total. The van der Waals surface area contributed by atoms with Crippen LogP contribution in [0.15, 0.2) is 6.07 Å². The zero-order valence-electron chi connectivity index (χ0n) is 13.3. The molecule has 118 valence electrons. The molecule has 0 amide bonds. The molecule has 1 saturated heterocycles. The Morgan fingerprint density at radius 1 is 1.33 bits per heavy atom. The van der Waals surface area contributed by atoms with E-state index in [0.29, 0.717) is 6.42 Å². The molecule has 0 aromatic carbocycles. The van der Waals surface area contributed by atoms with Crippen molar-refractivity contribution in [2.45, 2.75) is 38.6 Å². The molecule has 1 aromatic heterocycles. The van der Waals surface area contributed by atoms with Crippen LogP contribution in [0.2, 0.25) is 0 Å². The number of aromatic nitrogens is 2. The lowest BCUT2D eigenvalue weighted by Crippen LogP contribution is -2.34. The fourth-order valence-corrected chi connectivity index (χ4v) is 4.12. The average molecular weight is 312 g/mol. The summed E-state index contributed by atoms with van der Waals surface area (Å²) >= 11 is 0. The number of rotatable bonds is 3. The highest BCUT2D eigenvalue weighted by molar-refractivity contribution is 7.91. The molecule has 2 heterocycles. The van der Waals surface area contributed by atoms with Gasteiger partial charge >= 0.3 is 0 Å². The fraction of sp³-hybridized carbons (Fsp3) is 0.714. The van der Waals surface area contributed by atoms with Gasteiger partial charge in [-0.15, -0.1) is 0 Å². The predicted octanol–water partition coefficient (Wildman–Crippen LogP) is 1.44. The van der Waals surface area contributed by atoms with E-state index in [-0.39, 0.29) is 23.0 Å². The minimum absolute atomic E-state index is 0.0116. The lowest BCUT2D eigenvalue weighted by atomic mass is 9.96. The van der Waals surface area contributed by atoms with Gasteiger partial charge in [0.2, 0.25) is 0 Å². The van der Waals surface area contributed by atoms with Crippen molar-refractivity contribution in [1.82, 2.24) is 9.97 Å². The summed E-state index contributed by atoms with van der Waals surface area (Å²) in [5.74, 6) is 2.72. The Hall–Kier alpha value is -1.37. The van der Waals surface area contributed by atoms with Crippen LogP contribution in [0.4, 0.5) is 11.6 Å². The van der Waals surface area contributed by atoms with Crippen LogP contribution in [0.5, 0.6) is 0 Å². The molecule has 0 radical (unpaired) electrons. The van der Waals surface area contributed by atoms with Gasteiger partial charge in [0.25, 0.3) is 0 Å². The SMILES string of the molecule is CNc1cc(N(C)C2CCS(=O)(=O)C2)nc(C(C)(C)C)n1. The van der Waals surface area contributed by atoms with E-state index in [1.54, 1.807) is 0 Å². The molecule has 21 heavy (non-hydrogen) atoms. The van der Waals surface area contributed by atoms with Crippen molar-refractivity contribution in [3.05, 3.63) is 11.9 Å². The third kappa shape index (κ3) is 3.64. The Balaban J connectivity index is 2.35. The first kappa shape index (κ1) is 16.0. The Morgan fingerprint density at radius 3 is 2.48 bits per heavy atom. The second-order valence-electron chi connectivity index (χ2n) is 6.60. The van der Waals surface area contributed by atoms with Gasteiger partial charge in [-0.05, 0) is 6.42 Å². The molecule has 2 rings (SSSR count). The predicted molar refractivity (Wildman–Crippen MR) is 85.7 cm³/mol. The quantitative estimate of drug-likeness (QED) is 0.910. The molecule has 1 aliphatic rings. The van der Waals surface area contributed by atoms with Crippen molar-refractivity contribution in [2.75, 3.05) is 35.8 Å². The van der Waals surface area contributed by atoms with Crippen LogP contribution >= 0.6 is 0 Å². The number of hydrogen-bond acceptors (Lipinski definition) is 6. The van der Waals surface area contributed by atoms with E-state index < -0.39 is 9.84 Å². The zero-order valence-corrected chi connectivity index (χ0v) is 14.2. The summed E-state index contributed by atoms with van der Waals surface area (Å²) in [6, 6.07) is 1.85. The highest BCUT2D eigenvalue weighted by Crippen LogP contribution is 2.26. The molecule has 6 nitrogen and oxygen atoms in total. The molecule has 0 saturated carbocycles. The van der Waals surface area contributed by atoms with Crippen molar-refractivity contribution in [3.63, 3.8) is 0 Å². The van der Waals surface area contributed by atoms with Gasteiger partial charge < -0.3 is 10.2 Å². The van der Waals surface area contributed by atoms with E-state index in [0.717, 1.165) is 17.5 Å². The monoisotopic (exact) mass is 312 g/mol. The standard InChI is InChI=1S/C14H24N4O2S/c1-14(2,3)13-16-11(15-4)8-12(17-13)18(5)10-6-7-21(19,20)9-10/h8,10H,6-7,9H2,1-5H3,(H,15,16,17).